The Hall–Kier alpha value is -4.88. The van der Waals surface area contributed by atoms with E-state index in [1.54, 1.807) is 46.4 Å². The van der Waals surface area contributed by atoms with Crippen LogP contribution in [0.15, 0.2) is 60.7 Å². The maximum Gasteiger partial charge on any atom is 0.410 e. The monoisotopic (exact) mass is 1130 g/mol. The van der Waals surface area contributed by atoms with Crippen molar-refractivity contribution < 1.29 is 80.0 Å². The second-order valence-electron chi connectivity index (χ2n) is 17.1. The summed E-state index contributed by atoms with van der Waals surface area (Å²) in [6.45, 7) is 17.8. The number of methoxy groups -OCH3 is 2. The largest absolute Gasteiger partial charge is 0.481 e. The first-order chi connectivity index (χ1) is 36.9. The quantitative estimate of drug-likeness (QED) is 0.0274. The van der Waals surface area contributed by atoms with Crippen molar-refractivity contribution in [2.75, 3.05) is 92.2 Å². The molecule has 0 aromatic heterocycles. The van der Waals surface area contributed by atoms with Crippen molar-refractivity contribution in [2.45, 2.75) is 145 Å². The van der Waals surface area contributed by atoms with Crippen LogP contribution in [-0.2, 0) is 78.6 Å². The number of unbranched alkanes of at least 4 members (excludes halogenated alkanes) is 2. The molecule has 2 aromatic carbocycles. The van der Waals surface area contributed by atoms with Gasteiger partial charge in [0.15, 0.2) is 0 Å². The molecule has 0 fully saturated rings. The molecular weight excluding hydrogens is 1040 g/mol. The molecule has 21 nitrogen and oxygen atoms in total. The van der Waals surface area contributed by atoms with Crippen LogP contribution < -0.4 is 5.32 Å². The molecule has 0 saturated carbocycles. The van der Waals surface area contributed by atoms with Crippen molar-refractivity contribution in [2.24, 2.45) is 0 Å². The molecule has 77 heavy (non-hydrogen) atoms. The van der Waals surface area contributed by atoms with Crippen LogP contribution in [0.3, 0.4) is 0 Å². The molecular formula is C54H92N4O17P2. The van der Waals surface area contributed by atoms with Gasteiger partial charge in [-0.2, -0.15) is 0 Å². The van der Waals surface area contributed by atoms with E-state index in [1.165, 1.54) is 24.0 Å². The normalized spacial score (nSPS) is 11.8. The third-order valence-corrected chi connectivity index (χ3v) is 15.3. The van der Waals surface area contributed by atoms with E-state index in [4.69, 9.17) is 42.1 Å². The first kappa shape index (κ1) is 72.1. The second-order valence-corrected chi connectivity index (χ2v) is 21.5. The van der Waals surface area contributed by atoms with Gasteiger partial charge in [-0.05, 0) is 96.7 Å². The van der Waals surface area contributed by atoms with Crippen molar-refractivity contribution in [1.82, 2.24) is 20.0 Å². The number of carbonyl (C=O) groups is 6. The third kappa shape index (κ3) is 32.6. The van der Waals surface area contributed by atoms with E-state index in [-0.39, 0.29) is 89.4 Å². The number of hydrogen-bond donors (Lipinski definition) is 2. The fourth-order valence-corrected chi connectivity index (χ4v) is 10.5. The minimum absolute atomic E-state index is 0.0369. The summed E-state index contributed by atoms with van der Waals surface area (Å²) in [7, 11) is -3.95. The SMILES string of the molecule is CCC(=O)O.CCCN(C(=O)CC)[C@H](CCCCN(CCP(=O)(OCC)OCC)C(=O)OCc1ccccc1)C(=O)OC.CCCN[C@H](CCCCN(CCP(=O)(OCC)OCC)C(=O)OCc1ccccc1)C(=O)OC. The van der Waals surface area contributed by atoms with Gasteiger partial charge in [-0.25, -0.2) is 14.4 Å². The van der Waals surface area contributed by atoms with Crippen LogP contribution in [0, 0.1) is 0 Å². The lowest BCUT2D eigenvalue weighted by atomic mass is 10.1. The fraction of sp³-hybridized carbons (Fsp3) is 0.667. The molecule has 0 aliphatic carbocycles. The summed E-state index contributed by atoms with van der Waals surface area (Å²) in [6, 6.07) is 17.7. The molecule has 0 spiro atoms. The van der Waals surface area contributed by atoms with Gasteiger partial charge in [-0.1, -0.05) is 88.4 Å². The summed E-state index contributed by atoms with van der Waals surface area (Å²) < 4.78 is 68.1. The standard InChI is InChI=1S/C27H45N2O8P.C24H41N2O7P.C3H6O2/c1-6-18-29(25(30)7-2)24(26(31)34-5)17-13-14-19-28(20-21-38(33,36-8-3)37-9-4)27(32)35-22-23-15-11-10-12-16-23;1-5-16-25-22(23(27)30-4)15-11-12-17-26(18-19-34(29,32-6-2)33-7-3)24(28)31-20-21-13-9-8-10-14-21;1-2-3(4)5/h10-12,15-16,24H,6-9,13-14,17-22H2,1-5H3;8-10,13-14,22,25H,5-7,11-12,15-20H2,1-4H3;2H2,1H3,(H,4,5)/t24-;22-;/m11./s1. The maximum absolute atomic E-state index is 13.0. The van der Waals surface area contributed by atoms with Gasteiger partial charge in [0.1, 0.15) is 25.3 Å². The third-order valence-electron chi connectivity index (χ3n) is 11.2. The van der Waals surface area contributed by atoms with Gasteiger partial charge < -0.3 is 62.2 Å². The van der Waals surface area contributed by atoms with Crippen LogP contribution in [-0.4, -0.2) is 160 Å². The van der Waals surface area contributed by atoms with Crippen LogP contribution >= 0.6 is 15.2 Å². The lowest BCUT2D eigenvalue weighted by Crippen LogP contribution is -2.46. The number of rotatable bonds is 38. The smallest absolute Gasteiger partial charge is 0.410 e. The summed E-state index contributed by atoms with van der Waals surface area (Å²) in [5.41, 5.74) is 1.74. The summed E-state index contributed by atoms with van der Waals surface area (Å²) in [5, 5.41) is 10.9. The lowest BCUT2D eigenvalue weighted by Gasteiger charge is -2.30. The number of carboxylic acids is 1. The topological polar surface area (TPSA) is 252 Å². The van der Waals surface area contributed by atoms with E-state index in [1.807, 2.05) is 74.5 Å². The Morgan fingerprint density at radius 2 is 0.961 bits per heavy atom. The Balaban J connectivity index is 0.00000138. The van der Waals surface area contributed by atoms with E-state index in [0.717, 1.165) is 30.5 Å². The highest BCUT2D eigenvalue weighted by Gasteiger charge is 2.31. The molecule has 3 amide bonds. The van der Waals surface area contributed by atoms with Crippen LogP contribution in [0.25, 0.3) is 0 Å². The fourth-order valence-electron chi connectivity index (χ4n) is 7.31. The molecule has 0 radical (unpaired) electrons. The van der Waals surface area contributed by atoms with Gasteiger partial charge in [0.05, 0.1) is 53.0 Å². The molecule has 0 aliphatic rings. The Morgan fingerprint density at radius 3 is 1.31 bits per heavy atom. The Morgan fingerprint density at radius 1 is 0.545 bits per heavy atom. The van der Waals surface area contributed by atoms with Crippen LogP contribution in [0.2, 0.25) is 0 Å². The first-order valence-corrected chi connectivity index (χ1v) is 30.4. The average Bonchev–Trinajstić information content (AvgIpc) is 3.43. The Labute approximate surface area is 458 Å². The zero-order valence-corrected chi connectivity index (χ0v) is 49.4. The lowest BCUT2D eigenvalue weighted by molar-refractivity contribution is -0.153. The van der Waals surface area contributed by atoms with Crippen molar-refractivity contribution in [3.63, 3.8) is 0 Å². The zero-order valence-electron chi connectivity index (χ0n) is 47.6. The number of carboxylic acid groups (broad SMARTS) is 1. The van der Waals surface area contributed by atoms with Crippen molar-refractivity contribution in [3.8, 4) is 0 Å². The minimum Gasteiger partial charge on any atom is -0.481 e. The van der Waals surface area contributed by atoms with Crippen LogP contribution in [0.1, 0.15) is 131 Å². The Bertz CT molecular complexity index is 2000. The minimum atomic E-state index is -3.35. The molecule has 2 aromatic rings. The predicted molar refractivity (Wildman–Crippen MR) is 296 cm³/mol. The highest BCUT2D eigenvalue weighted by molar-refractivity contribution is 7.54. The molecule has 440 valence electrons. The first-order valence-electron chi connectivity index (χ1n) is 27.0. The molecule has 2 rings (SSSR count). The number of nitrogens with one attached hydrogen (secondary N) is 1. The number of nitrogens with zero attached hydrogens (tertiary/aromatic N) is 3. The number of ether oxygens (including phenoxy) is 4. The molecule has 0 saturated heterocycles. The number of hydrogen-bond acceptors (Lipinski definition) is 17. The summed E-state index contributed by atoms with van der Waals surface area (Å²) in [4.78, 5) is 76.7. The van der Waals surface area contributed by atoms with E-state index in [9.17, 15) is 37.9 Å². The van der Waals surface area contributed by atoms with E-state index < -0.39 is 45.4 Å². The average molecular weight is 1130 g/mol. The number of carbonyl (C=O) groups excluding carboxylic acids is 5. The molecule has 2 N–H and O–H groups in total. The summed E-state index contributed by atoms with van der Waals surface area (Å²) in [5.74, 6) is -1.59. The summed E-state index contributed by atoms with van der Waals surface area (Å²) >= 11 is 0. The highest BCUT2D eigenvalue weighted by atomic mass is 31.2. The van der Waals surface area contributed by atoms with Gasteiger partial charge >= 0.3 is 45.3 Å². The summed E-state index contributed by atoms with van der Waals surface area (Å²) in [6.07, 6.45) is 4.70. The number of amides is 3. The molecule has 23 heteroatoms. The van der Waals surface area contributed by atoms with Crippen molar-refractivity contribution in [1.29, 1.82) is 0 Å². The Kier molecular flexibility index (Phi) is 41.2. The molecule has 0 aliphatic heterocycles. The van der Waals surface area contributed by atoms with Crippen molar-refractivity contribution >= 4 is 51.2 Å². The highest BCUT2D eigenvalue weighted by Crippen LogP contribution is 2.48. The molecule has 0 heterocycles. The van der Waals surface area contributed by atoms with Crippen molar-refractivity contribution in [3.05, 3.63) is 71.8 Å². The number of aliphatic carboxylic acids is 1. The van der Waals surface area contributed by atoms with Crippen LogP contribution in [0.5, 0.6) is 0 Å². The predicted octanol–water partition coefficient (Wildman–Crippen LogP) is 10.3. The number of benzene rings is 2. The zero-order chi connectivity index (χ0) is 57.9. The van der Waals surface area contributed by atoms with Gasteiger partial charge in [0.25, 0.3) is 0 Å². The molecule has 2 atom stereocenters. The van der Waals surface area contributed by atoms with Crippen LogP contribution in [0.4, 0.5) is 9.59 Å². The van der Waals surface area contributed by atoms with Gasteiger partial charge in [0, 0.05) is 45.6 Å². The van der Waals surface area contributed by atoms with E-state index in [2.05, 4.69) is 5.32 Å². The maximum atomic E-state index is 13.0. The van der Waals surface area contributed by atoms with E-state index >= 15 is 0 Å². The molecule has 0 unspecified atom stereocenters. The second kappa shape index (κ2) is 44.0. The van der Waals surface area contributed by atoms with Gasteiger partial charge in [0.2, 0.25) is 5.91 Å². The van der Waals surface area contributed by atoms with Gasteiger partial charge in [-0.3, -0.25) is 23.5 Å². The van der Waals surface area contributed by atoms with Gasteiger partial charge in [-0.15, -0.1) is 0 Å². The molecule has 0 bridgehead atoms. The van der Waals surface area contributed by atoms with E-state index in [0.29, 0.717) is 64.6 Å². The number of esters is 2.